The Hall–Kier alpha value is -2.60. The van der Waals surface area contributed by atoms with Gasteiger partial charge in [0.25, 0.3) is 0 Å². The molecule has 0 saturated carbocycles. The van der Waals surface area contributed by atoms with Crippen molar-refractivity contribution in [3.8, 4) is 17.2 Å². The first-order valence-corrected chi connectivity index (χ1v) is 7.70. The van der Waals surface area contributed by atoms with Crippen LogP contribution in [0, 0.1) is 5.82 Å². The van der Waals surface area contributed by atoms with E-state index in [4.69, 9.17) is 9.15 Å². The summed E-state index contributed by atoms with van der Waals surface area (Å²) >= 11 is 0. The molecule has 3 rings (SSSR count). The summed E-state index contributed by atoms with van der Waals surface area (Å²) in [5, 5.41) is 3.32. The van der Waals surface area contributed by atoms with Crippen molar-refractivity contribution in [2.45, 2.75) is 0 Å². The Balaban J connectivity index is 1.92. The molecule has 0 atom stereocenters. The molecule has 126 valence electrons. The summed E-state index contributed by atoms with van der Waals surface area (Å²) in [5.41, 5.74) is 2.45. The number of benzene rings is 2. The Bertz CT molecular complexity index is 845. The highest BCUT2D eigenvalue weighted by atomic mass is 19.1. The van der Waals surface area contributed by atoms with Crippen LogP contribution in [0.5, 0.6) is 5.75 Å². The second kappa shape index (κ2) is 6.88. The molecule has 6 heteroatoms. The summed E-state index contributed by atoms with van der Waals surface area (Å²) in [6, 6.07) is 10.3. The van der Waals surface area contributed by atoms with Crippen molar-refractivity contribution in [3.05, 3.63) is 42.2 Å². The van der Waals surface area contributed by atoms with Gasteiger partial charge in [-0.1, -0.05) is 6.07 Å². The maximum atomic E-state index is 14.2. The molecule has 1 aromatic heterocycles. The average molecular weight is 329 g/mol. The van der Waals surface area contributed by atoms with E-state index in [1.807, 2.05) is 32.3 Å². The lowest BCUT2D eigenvalue weighted by molar-refractivity contribution is 0.411. The largest absolute Gasteiger partial charge is 0.496 e. The van der Waals surface area contributed by atoms with Gasteiger partial charge in [0.15, 0.2) is 5.58 Å². The van der Waals surface area contributed by atoms with E-state index in [0.29, 0.717) is 16.8 Å². The third kappa shape index (κ3) is 3.33. The Morgan fingerprint density at radius 1 is 1.25 bits per heavy atom. The molecule has 0 radical (unpaired) electrons. The van der Waals surface area contributed by atoms with E-state index in [-0.39, 0.29) is 11.5 Å². The number of methoxy groups -OCH3 is 1. The number of oxazole rings is 1. The first-order chi connectivity index (χ1) is 11.6. The van der Waals surface area contributed by atoms with Gasteiger partial charge in [0.2, 0.25) is 5.89 Å². The van der Waals surface area contributed by atoms with E-state index in [9.17, 15) is 4.39 Å². The van der Waals surface area contributed by atoms with Gasteiger partial charge >= 0.3 is 0 Å². The van der Waals surface area contributed by atoms with E-state index in [2.05, 4.69) is 15.2 Å². The molecule has 0 bridgehead atoms. The molecule has 0 spiro atoms. The van der Waals surface area contributed by atoms with Crippen LogP contribution >= 0.6 is 0 Å². The molecule has 24 heavy (non-hydrogen) atoms. The van der Waals surface area contributed by atoms with Gasteiger partial charge in [0.1, 0.15) is 22.6 Å². The Morgan fingerprint density at radius 2 is 2.08 bits per heavy atom. The Morgan fingerprint density at radius 3 is 2.83 bits per heavy atom. The second-order valence-electron chi connectivity index (χ2n) is 5.75. The zero-order valence-corrected chi connectivity index (χ0v) is 14.0. The molecule has 0 aliphatic rings. The predicted molar refractivity (Wildman–Crippen MR) is 93.0 cm³/mol. The van der Waals surface area contributed by atoms with Crippen LogP contribution in [0.15, 0.2) is 40.8 Å². The number of ether oxygens (including phenoxy) is 1. The molecule has 0 aliphatic heterocycles. The summed E-state index contributed by atoms with van der Waals surface area (Å²) in [4.78, 5) is 6.48. The molecule has 1 N–H and O–H groups in total. The van der Waals surface area contributed by atoms with Gasteiger partial charge in [0.05, 0.1) is 7.11 Å². The van der Waals surface area contributed by atoms with Crippen molar-refractivity contribution < 1.29 is 13.5 Å². The van der Waals surface area contributed by atoms with E-state index >= 15 is 0 Å². The lowest BCUT2D eigenvalue weighted by Gasteiger charge is -2.10. The highest BCUT2D eigenvalue weighted by Crippen LogP contribution is 2.34. The zero-order valence-electron chi connectivity index (χ0n) is 14.0. The van der Waals surface area contributed by atoms with E-state index in [1.165, 1.54) is 13.2 Å². The molecule has 0 fully saturated rings. The van der Waals surface area contributed by atoms with E-state index in [1.54, 1.807) is 12.1 Å². The number of rotatable bonds is 6. The fourth-order valence-corrected chi connectivity index (χ4v) is 2.45. The molecule has 1 heterocycles. The van der Waals surface area contributed by atoms with Gasteiger partial charge in [-0.2, -0.15) is 0 Å². The number of likely N-dealkylation sites (N-methyl/N-ethyl adjacent to an activating group) is 1. The Labute approximate surface area is 140 Å². The molecule has 0 aliphatic carbocycles. The molecule has 0 unspecified atom stereocenters. The number of nitrogens with zero attached hydrogens (tertiary/aromatic N) is 2. The number of anilines is 1. The fraction of sp³-hybridized carbons (Fsp3) is 0.278. The summed E-state index contributed by atoms with van der Waals surface area (Å²) < 4.78 is 25.2. The van der Waals surface area contributed by atoms with Gasteiger partial charge in [-0.05, 0) is 38.4 Å². The summed E-state index contributed by atoms with van der Waals surface area (Å²) in [6.45, 7) is 1.74. The first kappa shape index (κ1) is 16.3. The van der Waals surface area contributed by atoms with Crippen LogP contribution in [-0.2, 0) is 0 Å². The topological polar surface area (TPSA) is 50.5 Å². The van der Waals surface area contributed by atoms with Crippen molar-refractivity contribution in [1.29, 1.82) is 0 Å². The normalized spacial score (nSPS) is 11.2. The average Bonchev–Trinajstić information content (AvgIpc) is 2.96. The number of halogens is 1. The summed E-state index contributed by atoms with van der Waals surface area (Å²) in [7, 11) is 5.54. The van der Waals surface area contributed by atoms with Crippen LogP contribution < -0.4 is 10.1 Å². The van der Waals surface area contributed by atoms with Crippen molar-refractivity contribution in [3.63, 3.8) is 0 Å². The predicted octanol–water partition coefficient (Wildman–Crippen LogP) is 3.62. The van der Waals surface area contributed by atoms with Crippen LogP contribution in [-0.4, -0.2) is 44.2 Å². The van der Waals surface area contributed by atoms with Crippen molar-refractivity contribution >= 4 is 16.8 Å². The molecule has 0 saturated heterocycles. The quantitative estimate of drug-likeness (QED) is 0.748. The molecular weight excluding hydrogens is 309 g/mol. The van der Waals surface area contributed by atoms with Crippen molar-refractivity contribution in [2.75, 3.05) is 39.6 Å². The Kier molecular flexibility index (Phi) is 4.66. The molecule has 0 amide bonds. The zero-order chi connectivity index (χ0) is 17.1. The lowest BCUT2D eigenvalue weighted by Crippen LogP contribution is -2.20. The van der Waals surface area contributed by atoms with Gasteiger partial charge in [0, 0.05) is 24.8 Å². The van der Waals surface area contributed by atoms with Crippen LogP contribution in [0.1, 0.15) is 0 Å². The van der Waals surface area contributed by atoms with Crippen molar-refractivity contribution in [2.24, 2.45) is 0 Å². The number of fused-ring (bicyclic) bond motifs is 1. The summed E-state index contributed by atoms with van der Waals surface area (Å²) in [6.07, 6.45) is 0. The highest BCUT2D eigenvalue weighted by molar-refractivity contribution is 5.80. The van der Waals surface area contributed by atoms with Crippen LogP contribution in [0.25, 0.3) is 22.6 Å². The van der Waals surface area contributed by atoms with Gasteiger partial charge in [-0.25, -0.2) is 9.37 Å². The molecule has 3 aromatic rings. The van der Waals surface area contributed by atoms with Crippen LogP contribution in [0.4, 0.5) is 10.1 Å². The third-order valence-electron chi connectivity index (χ3n) is 3.69. The number of hydrogen-bond acceptors (Lipinski definition) is 5. The summed E-state index contributed by atoms with van der Waals surface area (Å²) in [5.74, 6) is 0.182. The second-order valence-corrected chi connectivity index (χ2v) is 5.75. The number of hydrogen-bond donors (Lipinski definition) is 1. The van der Waals surface area contributed by atoms with Gasteiger partial charge in [-0.3, -0.25) is 0 Å². The first-order valence-electron chi connectivity index (χ1n) is 7.70. The minimum absolute atomic E-state index is 0.213. The third-order valence-corrected chi connectivity index (χ3v) is 3.69. The minimum Gasteiger partial charge on any atom is -0.496 e. The van der Waals surface area contributed by atoms with E-state index < -0.39 is 5.82 Å². The fourth-order valence-electron chi connectivity index (χ4n) is 2.45. The molecular formula is C18H20FN3O2. The smallest absolute Gasteiger partial charge is 0.234 e. The van der Waals surface area contributed by atoms with Crippen LogP contribution in [0.3, 0.4) is 0 Å². The molecule has 5 nitrogen and oxygen atoms in total. The van der Waals surface area contributed by atoms with Gasteiger partial charge in [-0.15, -0.1) is 0 Å². The maximum absolute atomic E-state index is 14.2. The number of aromatic nitrogens is 1. The molecule has 2 aromatic carbocycles. The number of nitrogens with one attached hydrogen (secondary N) is 1. The standard InChI is InChI=1S/C18H20FN3O2/c1-22(2)10-9-20-12-7-8-14-16(11-12)24-18(21-14)17-13(19)5-4-6-15(17)23-3/h4-8,11,20H,9-10H2,1-3H3. The highest BCUT2D eigenvalue weighted by Gasteiger charge is 2.17. The monoisotopic (exact) mass is 329 g/mol. The SMILES string of the molecule is COc1cccc(F)c1-c1nc2ccc(NCCN(C)C)cc2o1. The maximum Gasteiger partial charge on any atom is 0.234 e. The van der Waals surface area contributed by atoms with Crippen molar-refractivity contribution in [1.82, 2.24) is 9.88 Å². The van der Waals surface area contributed by atoms with Gasteiger partial charge < -0.3 is 19.4 Å². The van der Waals surface area contributed by atoms with Crippen LogP contribution in [0.2, 0.25) is 0 Å². The van der Waals surface area contributed by atoms with E-state index in [0.717, 1.165) is 18.8 Å². The lowest BCUT2D eigenvalue weighted by atomic mass is 10.2. The minimum atomic E-state index is -0.426.